The van der Waals surface area contributed by atoms with Crippen molar-refractivity contribution in [3.05, 3.63) is 35.5 Å². The molecule has 6 heteroatoms. The smallest absolute Gasteiger partial charge is 0.169 e. The van der Waals surface area contributed by atoms with Crippen molar-refractivity contribution in [2.24, 2.45) is 5.92 Å². The first kappa shape index (κ1) is 17.5. The zero-order valence-electron chi connectivity index (χ0n) is 14.3. The van der Waals surface area contributed by atoms with Gasteiger partial charge in [-0.1, -0.05) is 13.0 Å². The second-order valence-electron chi connectivity index (χ2n) is 6.62. The number of nitrogens with zero attached hydrogens (tertiary/aromatic N) is 3. The minimum absolute atomic E-state index is 0.229. The number of aromatic nitrogens is 2. The summed E-state index contributed by atoms with van der Waals surface area (Å²) in [5.74, 6) is 1.02. The van der Waals surface area contributed by atoms with Crippen LogP contribution in [0.2, 0.25) is 0 Å². The second kappa shape index (κ2) is 7.70. The highest BCUT2D eigenvalue weighted by atomic mass is 32.1. The predicted molar refractivity (Wildman–Crippen MR) is 95.8 cm³/mol. The number of hydrogen-bond donors (Lipinski definition) is 1. The summed E-state index contributed by atoms with van der Waals surface area (Å²) >= 11 is 1.65. The molecule has 2 aromatic rings. The summed E-state index contributed by atoms with van der Waals surface area (Å²) < 4.78 is 5.13. The first-order valence-electron chi connectivity index (χ1n) is 8.39. The third kappa shape index (κ3) is 4.00. The maximum Gasteiger partial charge on any atom is 0.169 e. The van der Waals surface area contributed by atoms with Crippen molar-refractivity contribution < 1.29 is 9.84 Å². The molecule has 0 aliphatic carbocycles. The summed E-state index contributed by atoms with van der Waals surface area (Å²) in [6.45, 7) is 5.33. The van der Waals surface area contributed by atoms with E-state index < -0.39 is 5.60 Å². The Hall–Kier alpha value is -1.34. The highest BCUT2D eigenvalue weighted by molar-refractivity contribution is 7.13. The van der Waals surface area contributed by atoms with E-state index in [0.29, 0.717) is 13.0 Å². The fourth-order valence-electron chi connectivity index (χ4n) is 3.27. The minimum atomic E-state index is -0.605. The number of methoxy groups -OCH3 is 1. The van der Waals surface area contributed by atoms with Gasteiger partial charge in [-0.3, -0.25) is 4.90 Å². The maximum atomic E-state index is 10.8. The zero-order valence-corrected chi connectivity index (χ0v) is 15.1. The van der Waals surface area contributed by atoms with Gasteiger partial charge in [-0.15, -0.1) is 11.3 Å². The fourth-order valence-corrected chi connectivity index (χ4v) is 3.94. The van der Waals surface area contributed by atoms with E-state index in [0.717, 1.165) is 42.3 Å². The van der Waals surface area contributed by atoms with Crippen molar-refractivity contribution in [1.29, 1.82) is 0 Å². The monoisotopic (exact) mass is 347 g/mol. The number of ether oxygens (including phenoxy) is 1. The molecule has 1 saturated heterocycles. The van der Waals surface area contributed by atoms with Crippen molar-refractivity contribution in [3.63, 3.8) is 0 Å². The number of rotatable bonds is 6. The molecule has 3 heterocycles. The van der Waals surface area contributed by atoms with Gasteiger partial charge in [0, 0.05) is 51.3 Å². The van der Waals surface area contributed by atoms with Gasteiger partial charge in [-0.2, -0.15) is 0 Å². The molecule has 0 saturated carbocycles. The zero-order chi connectivity index (χ0) is 17.0. The van der Waals surface area contributed by atoms with Gasteiger partial charge in [-0.05, 0) is 30.2 Å². The third-order valence-electron chi connectivity index (χ3n) is 4.90. The Kier molecular flexibility index (Phi) is 5.61. The normalized spacial score (nSPS) is 25.0. The van der Waals surface area contributed by atoms with Crippen LogP contribution in [0.15, 0.2) is 29.9 Å². The molecule has 0 spiro atoms. The van der Waals surface area contributed by atoms with E-state index in [-0.39, 0.29) is 5.92 Å². The molecule has 0 aromatic carbocycles. The Balaban J connectivity index is 1.57. The number of piperidine rings is 1. The molecule has 0 bridgehead atoms. The van der Waals surface area contributed by atoms with Crippen molar-refractivity contribution >= 4 is 11.3 Å². The Labute approximate surface area is 147 Å². The Morgan fingerprint density at radius 1 is 1.42 bits per heavy atom. The molecule has 24 heavy (non-hydrogen) atoms. The van der Waals surface area contributed by atoms with Crippen molar-refractivity contribution in [3.8, 4) is 10.7 Å². The molecule has 1 aliphatic heterocycles. The second-order valence-corrected chi connectivity index (χ2v) is 7.57. The first-order valence-corrected chi connectivity index (χ1v) is 9.27. The minimum Gasteiger partial charge on any atom is -0.389 e. The summed E-state index contributed by atoms with van der Waals surface area (Å²) in [7, 11) is 1.68. The summed E-state index contributed by atoms with van der Waals surface area (Å²) in [5.41, 5.74) is 0.510. The first-order chi connectivity index (χ1) is 11.6. The molecule has 2 aromatic heterocycles. The maximum absolute atomic E-state index is 10.8. The highest BCUT2D eigenvalue weighted by Crippen LogP contribution is 2.31. The molecular formula is C18H25N3O2S. The lowest BCUT2D eigenvalue weighted by molar-refractivity contribution is -0.0827. The van der Waals surface area contributed by atoms with Crippen LogP contribution in [-0.4, -0.2) is 52.4 Å². The average Bonchev–Trinajstić information content (AvgIpc) is 3.12. The Morgan fingerprint density at radius 2 is 2.21 bits per heavy atom. The van der Waals surface area contributed by atoms with Crippen LogP contribution in [0.1, 0.15) is 25.3 Å². The molecule has 130 valence electrons. The molecule has 1 N–H and O–H groups in total. The van der Waals surface area contributed by atoms with E-state index in [4.69, 9.17) is 4.74 Å². The van der Waals surface area contributed by atoms with Crippen LogP contribution >= 0.6 is 11.3 Å². The van der Waals surface area contributed by atoms with E-state index in [1.165, 1.54) is 0 Å². The standard InChI is InChI=1S/C18H25N3O2S/c1-14-12-21(7-5-18(14,22)6-8-23-2)13-15-10-19-17(20-11-15)16-4-3-9-24-16/h3-4,9-11,14,22H,5-8,12-13H2,1-2H3/t14-,18-/m0/s1. The Morgan fingerprint density at radius 3 is 2.83 bits per heavy atom. The lowest BCUT2D eigenvalue weighted by Gasteiger charge is -2.43. The van der Waals surface area contributed by atoms with Gasteiger partial charge in [-0.25, -0.2) is 9.97 Å². The number of likely N-dealkylation sites (tertiary alicyclic amines) is 1. The number of aliphatic hydroxyl groups is 1. The van der Waals surface area contributed by atoms with Gasteiger partial charge in [0.05, 0.1) is 10.5 Å². The topological polar surface area (TPSA) is 58.5 Å². The summed E-state index contributed by atoms with van der Waals surface area (Å²) in [6.07, 6.45) is 5.32. The molecule has 0 unspecified atom stereocenters. The van der Waals surface area contributed by atoms with Crippen molar-refractivity contribution in [1.82, 2.24) is 14.9 Å². The lowest BCUT2D eigenvalue weighted by Crippen LogP contribution is -2.51. The van der Waals surface area contributed by atoms with E-state index in [2.05, 4.69) is 21.8 Å². The lowest BCUT2D eigenvalue weighted by atomic mass is 9.80. The van der Waals surface area contributed by atoms with Gasteiger partial charge >= 0.3 is 0 Å². The van der Waals surface area contributed by atoms with E-state index in [1.807, 2.05) is 29.9 Å². The van der Waals surface area contributed by atoms with Gasteiger partial charge in [0.15, 0.2) is 5.82 Å². The number of thiophene rings is 1. The van der Waals surface area contributed by atoms with Crippen molar-refractivity contribution in [2.45, 2.75) is 31.9 Å². The summed E-state index contributed by atoms with van der Waals surface area (Å²) in [6, 6.07) is 4.05. The van der Waals surface area contributed by atoms with Gasteiger partial charge in [0.1, 0.15) is 0 Å². The van der Waals surface area contributed by atoms with Crippen LogP contribution in [0, 0.1) is 5.92 Å². The van der Waals surface area contributed by atoms with E-state index in [9.17, 15) is 5.11 Å². The third-order valence-corrected chi connectivity index (χ3v) is 5.77. The van der Waals surface area contributed by atoms with E-state index >= 15 is 0 Å². The Bertz CT molecular complexity index is 632. The predicted octanol–water partition coefficient (Wildman–Crippen LogP) is 2.81. The number of hydrogen-bond acceptors (Lipinski definition) is 6. The largest absolute Gasteiger partial charge is 0.389 e. The van der Waals surface area contributed by atoms with Gasteiger partial charge < -0.3 is 9.84 Å². The van der Waals surface area contributed by atoms with Crippen LogP contribution in [-0.2, 0) is 11.3 Å². The summed E-state index contributed by atoms with van der Waals surface area (Å²) in [5, 5.41) is 12.8. The molecule has 0 radical (unpaired) electrons. The summed E-state index contributed by atoms with van der Waals surface area (Å²) in [4.78, 5) is 12.4. The quantitative estimate of drug-likeness (QED) is 0.871. The van der Waals surface area contributed by atoms with Crippen LogP contribution in [0.4, 0.5) is 0 Å². The molecular weight excluding hydrogens is 322 g/mol. The average molecular weight is 347 g/mol. The van der Waals surface area contributed by atoms with Crippen LogP contribution in [0.5, 0.6) is 0 Å². The molecule has 2 atom stereocenters. The van der Waals surface area contributed by atoms with Crippen LogP contribution in [0.25, 0.3) is 10.7 Å². The molecule has 1 aliphatic rings. The SMILES string of the molecule is COCC[C@@]1(O)CCN(Cc2cnc(-c3cccs3)nc2)C[C@@H]1C. The van der Waals surface area contributed by atoms with Crippen LogP contribution < -0.4 is 0 Å². The molecule has 5 nitrogen and oxygen atoms in total. The fraction of sp³-hybridized carbons (Fsp3) is 0.556. The molecule has 0 amide bonds. The van der Waals surface area contributed by atoms with Gasteiger partial charge in [0.2, 0.25) is 0 Å². The van der Waals surface area contributed by atoms with Crippen LogP contribution in [0.3, 0.4) is 0 Å². The highest BCUT2D eigenvalue weighted by Gasteiger charge is 2.38. The molecule has 3 rings (SSSR count). The van der Waals surface area contributed by atoms with Gasteiger partial charge in [0.25, 0.3) is 0 Å². The van der Waals surface area contributed by atoms with Crippen molar-refractivity contribution in [2.75, 3.05) is 26.8 Å². The van der Waals surface area contributed by atoms with E-state index in [1.54, 1.807) is 18.4 Å². The molecule has 1 fully saturated rings.